The molecule has 0 atom stereocenters. The molecule has 0 spiro atoms. The van der Waals surface area contributed by atoms with Crippen LogP contribution in [0.15, 0.2) is 12.1 Å². The molecule has 0 unspecified atom stereocenters. The molecule has 1 aromatic carbocycles. The van der Waals surface area contributed by atoms with E-state index < -0.39 is 0 Å². The number of imidazole rings is 1. The second-order valence-electron chi connectivity index (χ2n) is 7.62. The van der Waals surface area contributed by atoms with E-state index in [0.717, 1.165) is 47.7 Å². The van der Waals surface area contributed by atoms with Crippen LogP contribution >= 0.6 is 0 Å². The van der Waals surface area contributed by atoms with Crippen molar-refractivity contribution in [3.8, 4) is 0 Å². The van der Waals surface area contributed by atoms with Gasteiger partial charge in [-0.05, 0) is 45.2 Å². The van der Waals surface area contributed by atoms with E-state index >= 15 is 0 Å². The zero-order valence-corrected chi connectivity index (χ0v) is 17.5. The number of nitrogens with zero attached hydrogens (tertiary/aromatic N) is 2. The minimum Gasteiger partial charge on any atom is -0.372 e. The standard InChI is InChI=1S/C22H34N4O2/c1-4-12-28-15-21(27)23-19-13-17-18(14-20(19)26(5-2)6-3)25-22(24-17)16-10-8-7-9-11-16/h13-14,16H,4-12,15H2,1-3H3,(H,23,27)(H,24,25). The van der Waals surface area contributed by atoms with Crippen molar-refractivity contribution in [1.29, 1.82) is 0 Å². The van der Waals surface area contributed by atoms with Crippen molar-refractivity contribution in [1.82, 2.24) is 9.97 Å². The molecular weight excluding hydrogens is 352 g/mol. The van der Waals surface area contributed by atoms with Crippen LogP contribution in [-0.4, -0.2) is 42.2 Å². The molecule has 6 heteroatoms. The largest absolute Gasteiger partial charge is 0.372 e. The van der Waals surface area contributed by atoms with Crippen molar-refractivity contribution in [3.63, 3.8) is 0 Å². The first kappa shape index (κ1) is 20.6. The summed E-state index contributed by atoms with van der Waals surface area (Å²) in [5.41, 5.74) is 3.80. The van der Waals surface area contributed by atoms with Gasteiger partial charge < -0.3 is 19.9 Å². The van der Waals surface area contributed by atoms with Gasteiger partial charge in [0.25, 0.3) is 0 Å². The summed E-state index contributed by atoms with van der Waals surface area (Å²) in [4.78, 5) is 23.0. The van der Waals surface area contributed by atoms with Gasteiger partial charge in [0.05, 0.1) is 22.4 Å². The lowest BCUT2D eigenvalue weighted by Crippen LogP contribution is -2.25. The van der Waals surface area contributed by atoms with E-state index in [9.17, 15) is 4.79 Å². The smallest absolute Gasteiger partial charge is 0.250 e. The van der Waals surface area contributed by atoms with Crippen LogP contribution < -0.4 is 10.2 Å². The summed E-state index contributed by atoms with van der Waals surface area (Å²) in [6, 6.07) is 4.13. The molecule has 154 valence electrons. The summed E-state index contributed by atoms with van der Waals surface area (Å²) in [7, 11) is 0. The predicted octanol–water partition coefficient (Wildman–Crippen LogP) is 4.82. The number of aromatic nitrogens is 2. The minimum atomic E-state index is -0.121. The van der Waals surface area contributed by atoms with Crippen LogP contribution in [0.2, 0.25) is 0 Å². The highest BCUT2D eigenvalue weighted by atomic mass is 16.5. The van der Waals surface area contributed by atoms with Crippen molar-refractivity contribution < 1.29 is 9.53 Å². The molecule has 0 saturated heterocycles. The SMILES string of the molecule is CCCOCC(=O)Nc1cc2nc(C3CCCCC3)[nH]c2cc1N(CC)CC. The number of hydrogen-bond donors (Lipinski definition) is 2. The van der Waals surface area contributed by atoms with Crippen LogP contribution in [0.1, 0.15) is 71.0 Å². The number of benzene rings is 1. The first-order valence-electron chi connectivity index (χ1n) is 10.8. The van der Waals surface area contributed by atoms with Crippen LogP contribution in [0.3, 0.4) is 0 Å². The second-order valence-corrected chi connectivity index (χ2v) is 7.62. The maximum Gasteiger partial charge on any atom is 0.250 e. The summed E-state index contributed by atoms with van der Waals surface area (Å²) in [6.45, 7) is 8.72. The van der Waals surface area contributed by atoms with Gasteiger partial charge in [-0.2, -0.15) is 0 Å². The zero-order valence-electron chi connectivity index (χ0n) is 17.5. The van der Waals surface area contributed by atoms with Gasteiger partial charge in [-0.25, -0.2) is 4.98 Å². The van der Waals surface area contributed by atoms with Gasteiger partial charge in [-0.1, -0.05) is 26.2 Å². The topological polar surface area (TPSA) is 70.2 Å². The molecule has 1 aliphatic carbocycles. The molecule has 1 fully saturated rings. The number of ether oxygens (including phenoxy) is 1. The van der Waals surface area contributed by atoms with Crippen molar-refractivity contribution in [3.05, 3.63) is 18.0 Å². The lowest BCUT2D eigenvalue weighted by atomic mass is 9.89. The number of carbonyl (C=O) groups excluding carboxylic acids is 1. The highest BCUT2D eigenvalue weighted by Crippen LogP contribution is 2.35. The van der Waals surface area contributed by atoms with Crippen LogP contribution in [0, 0.1) is 0 Å². The van der Waals surface area contributed by atoms with Gasteiger partial charge in [0, 0.05) is 25.6 Å². The van der Waals surface area contributed by atoms with Crippen LogP contribution in [0.25, 0.3) is 11.0 Å². The number of amides is 1. The van der Waals surface area contributed by atoms with Crippen molar-refractivity contribution in [2.45, 2.75) is 65.2 Å². The molecule has 28 heavy (non-hydrogen) atoms. The Bertz CT molecular complexity index is 776. The monoisotopic (exact) mass is 386 g/mol. The quantitative estimate of drug-likeness (QED) is 0.606. The Kier molecular flexibility index (Phi) is 7.31. The second kappa shape index (κ2) is 9.92. The Morgan fingerprint density at radius 1 is 1.21 bits per heavy atom. The number of rotatable bonds is 9. The number of hydrogen-bond acceptors (Lipinski definition) is 4. The minimum absolute atomic E-state index is 0.0808. The number of nitrogens with one attached hydrogen (secondary N) is 2. The molecule has 0 bridgehead atoms. The van der Waals surface area contributed by atoms with Gasteiger partial charge in [0.1, 0.15) is 12.4 Å². The van der Waals surface area contributed by atoms with E-state index in [-0.39, 0.29) is 12.5 Å². The molecule has 1 aliphatic rings. The fourth-order valence-corrected chi connectivity index (χ4v) is 4.06. The fraction of sp³-hybridized carbons (Fsp3) is 0.636. The Hall–Kier alpha value is -2.08. The van der Waals surface area contributed by atoms with Crippen LogP contribution in [0.4, 0.5) is 11.4 Å². The summed E-state index contributed by atoms with van der Waals surface area (Å²) in [5.74, 6) is 1.50. The lowest BCUT2D eigenvalue weighted by Gasteiger charge is -2.24. The molecule has 0 radical (unpaired) electrons. The summed E-state index contributed by atoms with van der Waals surface area (Å²) in [5, 5.41) is 3.04. The molecule has 1 heterocycles. The van der Waals surface area contributed by atoms with Gasteiger partial charge in [0.15, 0.2) is 0 Å². The first-order chi connectivity index (χ1) is 13.7. The summed E-state index contributed by atoms with van der Waals surface area (Å²) < 4.78 is 5.39. The summed E-state index contributed by atoms with van der Waals surface area (Å²) >= 11 is 0. The Morgan fingerprint density at radius 2 is 1.96 bits per heavy atom. The maximum absolute atomic E-state index is 12.3. The Labute approximate surface area is 168 Å². The maximum atomic E-state index is 12.3. The number of anilines is 2. The van der Waals surface area contributed by atoms with Gasteiger partial charge >= 0.3 is 0 Å². The number of fused-ring (bicyclic) bond motifs is 1. The van der Waals surface area contributed by atoms with E-state index in [4.69, 9.17) is 9.72 Å². The van der Waals surface area contributed by atoms with Crippen molar-refractivity contribution in [2.75, 3.05) is 36.5 Å². The predicted molar refractivity (Wildman–Crippen MR) is 115 cm³/mol. The van der Waals surface area contributed by atoms with Crippen molar-refractivity contribution >= 4 is 28.3 Å². The molecular formula is C22H34N4O2. The molecule has 0 aliphatic heterocycles. The van der Waals surface area contributed by atoms with Crippen LogP contribution in [-0.2, 0) is 9.53 Å². The number of H-pyrrole nitrogens is 1. The van der Waals surface area contributed by atoms with E-state index in [1.165, 1.54) is 32.1 Å². The third-order valence-electron chi connectivity index (χ3n) is 5.57. The fourth-order valence-electron chi connectivity index (χ4n) is 4.06. The molecule has 2 aromatic rings. The van der Waals surface area contributed by atoms with Gasteiger partial charge in [-0.3, -0.25) is 4.79 Å². The first-order valence-corrected chi connectivity index (χ1v) is 10.8. The average Bonchev–Trinajstić information content (AvgIpc) is 3.13. The zero-order chi connectivity index (χ0) is 19.9. The van der Waals surface area contributed by atoms with Gasteiger partial charge in [-0.15, -0.1) is 0 Å². The Balaban J connectivity index is 1.89. The van der Waals surface area contributed by atoms with Crippen molar-refractivity contribution in [2.24, 2.45) is 0 Å². The van der Waals surface area contributed by atoms with E-state index in [0.29, 0.717) is 12.5 Å². The summed E-state index contributed by atoms with van der Waals surface area (Å²) in [6.07, 6.45) is 7.22. The molecule has 6 nitrogen and oxygen atoms in total. The Morgan fingerprint density at radius 3 is 2.64 bits per heavy atom. The van der Waals surface area contributed by atoms with E-state index in [2.05, 4.69) is 35.1 Å². The number of carbonyl (C=O) groups is 1. The third kappa shape index (κ3) is 4.85. The lowest BCUT2D eigenvalue weighted by molar-refractivity contribution is -0.120. The normalized spacial score (nSPS) is 15.1. The highest BCUT2D eigenvalue weighted by Gasteiger charge is 2.20. The molecule has 1 amide bonds. The van der Waals surface area contributed by atoms with E-state index in [1.54, 1.807) is 0 Å². The molecule has 1 aromatic heterocycles. The molecule has 1 saturated carbocycles. The average molecular weight is 387 g/mol. The molecule has 2 N–H and O–H groups in total. The van der Waals surface area contributed by atoms with E-state index in [1.807, 2.05) is 13.0 Å². The third-order valence-corrected chi connectivity index (χ3v) is 5.57. The van der Waals surface area contributed by atoms with Crippen LogP contribution in [0.5, 0.6) is 0 Å². The van der Waals surface area contributed by atoms with Gasteiger partial charge in [0.2, 0.25) is 5.91 Å². The number of aromatic amines is 1. The molecule has 3 rings (SSSR count). The highest BCUT2D eigenvalue weighted by molar-refractivity contribution is 5.99.